The van der Waals surface area contributed by atoms with Gasteiger partial charge < -0.3 is 4.42 Å². The van der Waals surface area contributed by atoms with Gasteiger partial charge in [0.2, 0.25) is 0 Å². The minimum Gasteiger partial charge on any atom is -0.455 e. The van der Waals surface area contributed by atoms with E-state index < -0.39 is 0 Å². The van der Waals surface area contributed by atoms with Gasteiger partial charge in [-0.05, 0) is 79.9 Å². The van der Waals surface area contributed by atoms with Crippen molar-refractivity contribution in [2.45, 2.75) is 0 Å². The van der Waals surface area contributed by atoms with Crippen LogP contribution in [0.5, 0.6) is 0 Å². The summed E-state index contributed by atoms with van der Waals surface area (Å²) in [6, 6.07) is 72.8. The number of nitrogens with zero attached hydrogens (tertiary/aromatic N) is 2. The first kappa shape index (κ1) is 32.8. The van der Waals surface area contributed by atoms with E-state index in [9.17, 15) is 0 Å². The fraction of sp³-hybridized carbons (Fsp3) is 0. The Morgan fingerprint density at radius 3 is 1.68 bits per heavy atom. The van der Waals surface area contributed by atoms with Gasteiger partial charge in [0.05, 0.1) is 11.4 Å². The summed E-state index contributed by atoms with van der Waals surface area (Å²) in [5, 5.41) is 7.01. The van der Waals surface area contributed by atoms with Crippen molar-refractivity contribution in [3.8, 4) is 67.3 Å². The van der Waals surface area contributed by atoms with E-state index >= 15 is 0 Å². The first-order valence-corrected chi connectivity index (χ1v) is 19.3. The third-order valence-electron chi connectivity index (χ3n) is 11.1. The Kier molecular flexibility index (Phi) is 7.82. The predicted octanol–water partition coefficient (Wildman–Crippen LogP) is 14.7. The quantitative estimate of drug-likeness (QED) is 0.171. The molecule has 11 aromatic rings. The van der Waals surface area contributed by atoms with Crippen LogP contribution in [0.15, 0.2) is 211 Å². The summed E-state index contributed by atoms with van der Waals surface area (Å²) in [5.74, 6) is 0.710. The summed E-state index contributed by atoms with van der Waals surface area (Å²) in [7, 11) is 0. The van der Waals surface area contributed by atoms with Crippen LogP contribution in [-0.2, 0) is 0 Å². The van der Waals surface area contributed by atoms with Gasteiger partial charge in [-0.2, -0.15) is 0 Å². The van der Waals surface area contributed by atoms with Gasteiger partial charge in [-0.3, -0.25) is 0 Å². The van der Waals surface area contributed by atoms with Gasteiger partial charge in [-0.25, -0.2) is 9.97 Å². The van der Waals surface area contributed by atoms with E-state index in [0.717, 1.165) is 77.7 Å². The number of benzene rings is 9. The maximum atomic E-state index is 6.72. The van der Waals surface area contributed by atoms with Crippen LogP contribution in [-0.4, -0.2) is 9.97 Å². The minimum absolute atomic E-state index is 0.710. The van der Waals surface area contributed by atoms with Crippen molar-refractivity contribution in [3.63, 3.8) is 0 Å². The molecule has 266 valence electrons. The summed E-state index contributed by atoms with van der Waals surface area (Å²) in [5.41, 5.74) is 13.6. The van der Waals surface area contributed by atoms with Gasteiger partial charge >= 0.3 is 0 Å². The van der Waals surface area contributed by atoms with Crippen LogP contribution in [0.2, 0.25) is 0 Å². The second kappa shape index (κ2) is 13.6. The van der Waals surface area contributed by atoms with E-state index in [1.54, 1.807) is 0 Å². The molecule has 9 aromatic carbocycles. The molecule has 0 saturated heterocycles. The molecule has 3 heteroatoms. The van der Waals surface area contributed by atoms with Gasteiger partial charge in [-0.1, -0.05) is 176 Å². The highest BCUT2D eigenvalue weighted by molar-refractivity contribution is 6.22. The molecule has 0 aliphatic heterocycles. The lowest BCUT2D eigenvalue weighted by Gasteiger charge is -2.11. The maximum Gasteiger partial charge on any atom is 0.160 e. The highest BCUT2D eigenvalue weighted by atomic mass is 16.3. The summed E-state index contributed by atoms with van der Waals surface area (Å²) in [6.45, 7) is 0. The number of rotatable bonds is 6. The molecule has 3 nitrogen and oxygen atoms in total. The molecule has 57 heavy (non-hydrogen) atoms. The van der Waals surface area contributed by atoms with Gasteiger partial charge in [0, 0.05) is 32.8 Å². The first-order chi connectivity index (χ1) is 28.2. The van der Waals surface area contributed by atoms with Gasteiger partial charge in [0.1, 0.15) is 11.2 Å². The lowest BCUT2D eigenvalue weighted by atomic mass is 9.92. The average molecular weight is 727 g/mol. The van der Waals surface area contributed by atoms with Gasteiger partial charge in [0.25, 0.3) is 0 Å². The molecular formula is C54H34N2O. The molecule has 0 spiro atoms. The molecule has 0 fully saturated rings. The van der Waals surface area contributed by atoms with E-state index in [1.165, 1.54) is 27.3 Å². The highest BCUT2D eigenvalue weighted by Crippen LogP contribution is 2.44. The molecule has 11 rings (SSSR count). The Bertz CT molecular complexity index is 3220. The van der Waals surface area contributed by atoms with E-state index in [4.69, 9.17) is 14.4 Å². The van der Waals surface area contributed by atoms with Crippen LogP contribution in [0.1, 0.15) is 0 Å². The lowest BCUT2D eigenvalue weighted by Crippen LogP contribution is -1.95. The predicted molar refractivity (Wildman–Crippen MR) is 237 cm³/mol. The molecule has 2 heterocycles. The van der Waals surface area contributed by atoms with Crippen molar-refractivity contribution < 1.29 is 4.42 Å². The van der Waals surface area contributed by atoms with Crippen LogP contribution >= 0.6 is 0 Å². The zero-order chi connectivity index (χ0) is 37.7. The molecular weight excluding hydrogens is 693 g/mol. The van der Waals surface area contributed by atoms with Crippen molar-refractivity contribution in [1.82, 2.24) is 9.97 Å². The third-order valence-corrected chi connectivity index (χ3v) is 11.1. The molecule has 0 aliphatic carbocycles. The number of hydrogen-bond donors (Lipinski definition) is 0. The topological polar surface area (TPSA) is 38.9 Å². The molecule has 0 N–H and O–H groups in total. The Balaban J connectivity index is 1.00. The second-order valence-electron chi connectivity index (χ2n) is 14.5. The van der Waals surface area contributed by atoms with E-state index in [2.05, 4.69) is 170 Å². The van der Waals surface area contributed by atoms with Gasteiger partial charge in [0.15, 0.2) is 5.82 Å². The van der Waals surface area contributed by atoms with E-state index in [1.807, 2.05) is 36.4 Å². The summed E-state index contributed by atoms with van der Waals surface area (Å²) in [4.78, 5) is 10.0. The zero-order valence-electron chi connectivity index (χ0n) is 30.9. The van der Waals surface area contributed by atoms with Crippen LogP contribution in [0.25, 0.3) is 111 Å². The van der Waals surface area contributed by atoms with Crippen molar-refractivity contribution in [1.29, 1.82) is 0 Å². The zero-order valence-corrected chi connectivity index (χ0v) is 30.9. The monoisotopic (exact) mass is 726 g/mol. The standard InChI is InChI=1S/C54H34N2O/c1-3-14-37(15-4-1)49-34-50(56-54(55-49)39-16-5-2-6-17-39)38-28-25-36(26-29-38)41-19-11-20-42(31-41)44-23-12-24-51-52(44)48-33-47(45-21-9-10-22-46(45)53(48)57-51)43-30-27-35-13-7-8-18-40(35)32-43/h1-34H. The van der Waals surface area contributed by atoms with Gasteiger partial charge in [-0.15, -0.1) is 0 Å². The smallest absolute Gasteiger partial charge is 0.160 e. The van der Waals surface area contributed by atoms with Crippen molar-refractivity contribution in [3.05, 3.63) is 206 Å². The van der Waals surface area contributed by atoms with Crippen molar-refractivity contribution >= 4 is 43.5 Å². The van der Waals surface area contributed by atoms with Crippen LogP contribution in [0, 0.1) is 0 Å². The third kappa shape index (κ3) is 5.85. The number of aromatic nitrogens is 2. The Labute approximate surface area is 330 Å². The Morgan fingerprint density at radius 1 is 0.316 bits per heavy atom. The van der Waals surface area contributed by atoms with Crippen molar-refractivity contribution in [2.75, 3.05) is 0 Å². The Hall–Kier alpha value is -7.62. The molecule has 0 radical (unpaired) electrons. The molecule has 0 amide bonds. The van der Waals surface area contributed by atoms with Crippen LogP contribution in [0.3, 0.4) is 0 Å². The largest absolute Gasteiger partial charge is 0.455 e. The molecule has 0 aliphatic rings. The van der Waals surface area contributed by atoms with E-state index in [0.29, 0.717) is 5.82 Å². The molecule has 0 atom stereocenters. The molecule has 0 unspecified atom stereocenters. The number of hydrogen-bond acceptors (Lipinski definition) is 3. The fourth-order valence-corrected chi connectivity index (χ4v) is 8.25. The normalized spacial score (nSPS) is 11.5. The molecule has 0 saturated carbocycles. The van der Waals surface area contributed by atoms with E-state index in [-0.39, 0.29) is 0 Å². The second-order valence-corrected chi connectivity index (χ2v) is 14.5. The first-order valence-electron chi connectivity index (χ1n) is 19.3. The summed E-state index contributed by atoms with van der Waals surface area (Å²) >= 11 is 0. The van der Waals surface area contributed by atoms with Crippen LogP contribution in [0.4, 0.5) is 0 Å². The molecule has 0 bridgehead atoms. The van der Waals surface area contributed by atoms with Crippen LogP contribution < -0.4 is 0 Å². The Morgan fingerprint density at radius 2 is 0.895 bits per heavy atom. The summed E-state index contributed by atoms with van der Waals surface area (Å²) in [6.07, 6.45) is 0. The molecule has 2 aromatic heterocycles. The average Bonchev–Trinajstić information content (AvgIpc) is 3.68. The fourth-order valence-electron chi connectivity index (χ4n) is 8.25. The number of furan rings is 1. The maximum absolute atomic E-state index is 6.72. The number of fused-ring (bicyclic) bond motifs is 6. The lowest BCUT2D eigenvalue weighted by molar-refractivity contribution is 0.673. The summed E-state index contributed by atoms with van der Waals surface area (Å²) < 4.78 is 6.72. The SMILES string of the molecule is c1ccc(-c2cc(-c3ccc(-c4cccc(-c5cccc6oc7c8ccccc8c(-c8ccc9ccccc9c8)cc7c56)c4)cc3)nc(-c3ccccc3)n2)cc1. The minimum atomic E-state index is 0.710. The van der Waals surface area contributed by atoms with Crippen molar-refractivity contribution in [2.24, 2.45) is 0 Å². The highest BCUT2D eigenvalue weighted by Gasteiger charge is 2.18.